The maximum absolute atomic E-state index is 12.7. The molecule has 1 aromatic carbocycles. The number of aryl methyl sites for hydroxylation is 1. The van der Waals surface area contributed by atoms with Crippen molar-refractivity contribution in [2.75, 3.05) is 31.6 Å². The van der Waals surface area contributed by atoms with Crippen LogP contribution < -0.4 is 5.32 Å². The average molecular weight is 361 g/mol. The molecule has 2 heterocycles. The lowest BCUT2D eigenvalue weighted by molar-refractivity contribution is 0.0730. The number of hydrogen-bond donors (Lipinski definition) is 1. The van der Waals surface area contributed by atoms with Crippen molar-refractivity contribution in [1.29, 1.82) is 0 Å². The molecule has 132 valence electrons. The highest BCUT2D eigenvalue weighted by molar-refractivity contribution is 7.89. The van der Waals surface area contributed by atoms with Crippen LogP contribution in [0.25, 0.3) is 0 Å². The van der Waals surface area contributed by atoms with Crippen LogP contribution in [-0.2, 0) is 14.8 Å². The largest absolute Gasteiger partial charge is 0.379 e. The molecule has 0 bridgehead atoms. The van der Waals surface area contributed by atoms with E-state index in [0.717, 1.165) is 5.56 Å². The van der Waals surface area contributed by atoms with Crippen molar-refractivity contribution in [3.8, 4) is 0 Å². The van der Waals surface area contributed by atoms with Crippen molar-refractivity contribution in [1.82, 2.24) is 9.29 Å². The molecule has 8 heteroatoms. The highest BCUT2D eigenvalue weighted by Gasteiger charge is 2.26. The van der Waals surface area contributed by atoms with Crippen molar-refractivity contribution in [3.05, 3.63) is 53.7 Å². The summed E-state index contributed by atoms with van der Waals surface area (Å²) in [5.74, 6) is 0.0507. The first kappa shape index (κ1) is 17.5. The van der Waals surface area contributed by atoms with Gasteiger partial charge in [-0.05, 0) is 36.8 Å². The number of ether oxygens (including phenoxy) is 1. The second kappa shape index (κ2) is 7.30. The van der Waals surface area contributed by atoms with Crippen molar-refractivity contribution >= 4 is 21.7 Å². The van der Waals surface area contributed by atoms with Crippen LogP contribution in [0.3, 0.4) is 0 Å². The minimum atomic E-state index is -3.64. The van der Waals surface area contributed by atoms with Crippen LogP contribution in [-0.4, -0.2) is 49.9 Å². The van der Waals surface area contributed by atoms with Gasteiger partial charge in [-0.15, -0.1) is 0 Å². The number of amides is 1. The first-order valence-electron chi connectivity index (χ1n) is 7.89. The lowest BCUT2D eigenvalue weighted by atomic mass is 10.2. The van der Waals surface area contributed by atoms with Gasteiger partial charge in [-0.2, -0.15) is 4.31 Å². The van der Waals surface area contributed by atoms with E-state index >= 15 is 0 Å². The molecule has 1 aliphatic heterocycles. The molecule has 0 spiro atoms. The van der Waals surface area contributed by atoms with Gasteiger partial charge in [0.1, 0.15) is 5.82 Å². The Bertz CT molecular complexity index is 877. The van der Waals surface area contributed by atoms with E-state index in [2.05, 4.69) is 10.3 Å². The Morgan fingerprint density at radius 3 is 2.68 bits per heavy atom. The number of benzene rings is 1. The molecule has 2 aromatic rings. The van der Waals surface area contributed by atoms with Crippen LogP contribution in [0, 0.1) is 6.92 Å². The van der Waals surface area contributed by atoms with E-state index in [4.69, 9.17) is 4.74 Å². The summed E-state index contributed by atoms with van der Waals surface area (Å²) in [4.78, 5) is 16.7. The number of sulfonamides is 1. The van der Waals surface area contributed by atoms with Crippen LogP contribution in [0.5, 0.6) is 0 Å². The summed E-state index contributed by atoms with van der Waals surface area (Å²) in [6.45, 7) is 3.20. The molecule has 0 unspecified atom stereocenters. The maximum Gasteiger partial charge on any atom is 0.256 e. The lowest BCUT2D eigenvalue weighted by Crippen LogP contribution is -2.40. The van der Waals surface area contributed by atoms with Gasteiger partial charge in [0, 0.05) is 24.8 Å². The fourth-order valence-corrected chi connectivity index (χ4v) is 3.98. The molecule has 1 aliphatic rings. The topological polar surface area (TPSA) is 88.6 Å². The number of carbonyl (C=O) groups is 1. The smallest absolute Gasteiger partial charge is 0.256 e. The first-order chi connectivity index (χ1) is 12.0. The third-order valence-corrected chi connectivity index (χ3v) is 5.84. The second-order valence-corrected chi connectivity index (χ2v) is 7.61. The number of anilines is 1. The Kier molecular flexibility index (Phi) is 5.12. The SMILES string of the molecule is Cc1cccnc1NC(=O)c1cccc(S(=O)(=O)N2CCOCC2)c1. The van der Waals surface area contributed by atoms with Gasteiger partial charge in [-0.25, -0.2) is 13.4 Å². The second-order valence-electron chi connectivity index (χ2n) is 5.67. The molecule has 0 aliphatic carbocycles. The standard InChI is InChI=1S/C17H19N3O4S/c1-13-4-3-7-18-16(13)19-17(21)14-5-2-6-15(12-14)25(22,23)20-8-10-24-11-9-20/h2-7,12H,8-11H2,1H3,(H,18,19,21). The van der Waals surface area contributed by atoms with Gasteiger partial charge >= 0.3 is 0 Å². The minimum absolute atomic E-state index is 0.0970. The van der Waals surface area contributed by atoms with Crippen LogP contribution >= 0.6 is 0 Å². The molecule has 3 rings (SSSR count). The predicted octanol–water partition coefficient (Wildman–Crippen LogP) is 1.66. The third kappa shape index (κ3) is 3.87. The Morgan fingerprint density at radius 2 is 1.96 bits per heavy atom. The fraction of sp³-hybridized carbons (Fsp3) is 0.294. The minimum Gasteiger partial charge on any atom is -0.379 e. The van der Waals surface area contributed by atoms with Gasteiger partial charge in [-0.3, -0.25) is 4.79 Å². The Hall–Kier alpha value is -2.29. The molecule has 1 aromatic heterocycles. The number of morpholine rings is 1. The molecule has 1 N–H and O–H groups in total. The zero-order valence-corrected chi connectivity index (χ0v) is 14.6. The molecule has 1 amide bonds. The molecule has 0 atom stereocenters. The number of pyridine rings is 1. The number of carbonyl (C=O) groups excluding carboxylic acids is 1. The molecule has 1 saturated heterocycles. The summed E-state index contributed by atoms with van der Waals surface area (Å²) in [7, 11) is -3.64. The lowest BCUT2D eigenvalue weighted by Gasteiger charge is -2.26. The van der Waals surface area contributed by atoms with E-state index in [1.807, 2.05) is 13.0 Å². The van der Waals surface area contributed by atoms with Gasteiger partial charge in [0.25, 0.3) is 5.91 Å². The summed E-state index contributed by atoms with van der Waals surface area (Å²) in [5.41, 5.74) is 1.09. The highest BCUT2D eigenvalue weighted by Crippen LogP contribution is 2.19. The highest BCUT2D eigenvalue weighted by atomic mass is 32.2. The third-order valence-electron chi connectivity index (χ3n) is 3.95. The van der Waals surface area contributed by atoms with Crippen LogP contribution in [0.4, 0.5) is 5.82 Å². The van der Waals surface area contributed by atoms with Crippen molar-refractivity contribution < 1.29 is 17.9 Å². The van der Waals surface area contributed by atoms with Crippen LogP contribution in [0.2, 0.25) is 0 Å². The number of hydrogen-bond acceptors (Lipinski definition) is 5. The summed E-state index contributed by atoms with van der Waals surface area (Å²) < 4.78 is 32.0. The number of nitrogens with zero attached hydrogens (tertiary/aromatic N) is 2. The van der Waals surface area contributed by atoms with E-state index < -0.39 is 15.9 Å². The number of nitrogens with one attached hydrogen (secondary N) is 1. The zero-order valence-electron chi connectivity index (χ0n) is 13.8. The Morgan fingerprint density at radius 1 is 1.20 bits per heavy atom. The molecule has 1 fully saturated rings. The zero-order chi connectivity index (χ0) is 17.9. The van der Waals surface area contributed by atoms with Gasteiger partial charge in [-0.1, -0.05) is 12.1 Å². The molecule has 25 heavy (non-hydrogen) atoms. The molecule has 7 nitrogen and oxygen atoms in total. The normalized spacial score (nSPS) is 15.7. The Balaban J connectivity index is 1.83. The van der Waals surface area contributed by atoms with E-state index in [0.29, 0.717) is 32.1 Å². The predicted molar refractivity (Wildman–Crippen MR) is 92.9 cm³/mol. The number of rotatable bonds is 4. The number of aromatic nitrogens is 1. The van der Waals surface area contributed by atoms with Crippen LogP contribution in [0.15, 0.2) is 47.5 Å². The van der Waals surface area contributed by atoms with Crippen molar-refractivity contribution in [3.63, 3.8) is 0 Å². The first-order valence-corrected chi connectivity index (χ1v) is 9.33. The Labute approximate surface area is 146 Å². The fourth-order valence-electron chi connectivity index (χ4n) is 2.53. The quantitative estimate of drug-likeness (QED) is 0.895. The maximum atomic E-state index is 12.7. The molecular weight excluding hydrogens is 342 g/mol. The molecule has 0 saturated carbocycles. The monoisotopic (exact) mass is 361 g/mol. The van der Waals surface area contributed by atoms with E-state index in [1.165, 1.54) is 16.4 Å². The van der Waals surface area contributed by atoms with E-state index in [9.17, 15) is 13.2 Å². The molecular formula is C17H19N3O4S. The summed E-state index contributed by atoms with van der Waals surface area (Å²) in [6, 6.07) is 9.63. The van der Waals surface area contributed by atoms with Gasteiger partial charge in [0.15, 0.2) is 0 Å². The van der Waals surface area contributed by atoms with Crippen molar-refractivity contribution in [2.24, 2.45) is 0 Å². The average Bonchev–Trinajstić information content (AvgIpc) is 2.64. The van der Waals surface area contributed by atoms with Gasteiger partial charge in [0.05, 0.1) is 18.1 Å². The molecule has 0 radical (unpaired) electrons. The van der Waals surface area contributed by atoms with Crippen molar-refractivity contribution in [2.45, 2.75) is 11.8 Å². The van der Waals surface area contributed by atoms with E-state index in [1.54, 1.807) is 24.4 Å². The summed E-state index contributed by atoms with van der Waals surface area (Å²) in [6.07, 6.45) is 1.59. The van der Waals surface area contributed by atoms with Gasteiger partial charge < -0.3 is 10.1 Å². The van der Waals surface area contributed by atoms with Crippen LogP contribution in [0.1, 0.15) is 15.9 Å². The summed E-state index contributed by atoms with van der Waals surface area (Å²) >= 11 is 0. The summed E-state index contributed by atoms with van der Waals surface area (Å²) in [5, 5.41) is 2.71. The van der Waals surface area contributed by atoms with Gasteiger partial charge in [0.2, 0.25) is 10.0 Å². The van der Waals surface area contributed by atoms with E-state index in [-0.39, 0.29) is 10.5 Å².